The monoisotopic (exact) mass is 244 g/mol. The van der Waals surface area contributed by atoms with Crippen LogP contribution < -0.4 is 0 Å². The first-order chi connectivity index (χ1) is 8.50. The Morgan fingerprint density at radius 1 is 1.28 bits per heavy atom. The molecule has 1 aliphatic carbocycles. The van der Waals surface area contributed by atoms with Crippen LogP contribution in [0, 0.1) is 5.92 Å². The molecule has 1 heteroatoms. The van der Waals surface area contributed by atoms with E-state index in [9.17, 15) is 4.79 Å². The Morgan fingerprint density at radius 2 is 2.00 bits per heavy atom. The molecule has 18 heavy (non-hydrogen) atoms. The Hall–Kier alpha value is -1.37. The quantitative estimate of drug-likeness (QED) is 0.637. The minimum Gasteiger partial charge on any atom is -0.294 e. The molecule has 0 saturated carbocycles. The summed E-state index contributed by atoms with van der Waals surface area (Å²) in [6.07, 6.45) is 13.3. The summed E-state index contributed by atoms with van der Waals surface area (Å²) < 4.78 is 0. The molecule has 1 atom stereocenters. The highest BCUT2D eigenvalue weighted by Gasteiger charge is 2.16. The largest absolute Gasteiger partial charge is 0.294 e. The second kappa shape index (κ2) is 7.15. The van der Waals surface area contributed by atoms with Crippen LogP contribution >= 0.6 is 0 Å². The molecule has 0 aromatic heterocycles. The summed E-state index contributed by atoms with van der Waals surface area (Å²) in [6, 6.07) is 0. The van der Waals surface area contributed by atoms with Crippen LogP contribution in [-0.2, 0) is 4.79 Å². The van der Waals surface area contributed by atoms with Crippen LogP contribution in [0.1, 0.15) is 47.0 Å². The number of carbonyl (C=O) groups is 1. The van der Waals surface area contributed by atoms with Crippen molar-refractivity contribution < 1.29 is 4.79 Å². The van der Waals surface area contributed by atoms with Crippen molar-refractivity contribution in [2.24, 2.45) is 5.92 Å². The molecule has 0 aromatic rings. The van der Waals surface area contributed by atoms with Crippen LogP contribution in [0.5, 0.6) is 0 Å². The van der Waals surface area contributed by atoms with Gasteiger partial charge < -0.3 is 0 Å². The van der Waals surface area contributed by atoms with Crippen molar-refractivity contribution in [3.05, 3.63) is 47.1 Å². The van der Waals surface area contributed by atoms with Gasteiger partial charge in [-0.3, -0.25) is 4.79 Å². The molecular formula is C17H24O. The van der Waals surface area contributed by atoms with Crippen molar-refractivity contribution in [3.8, 4) is 0 Å². The Bertz CT molecular complexity index is 415. The maximum absolute atomic E-state index is 11.9. The van der Waals surface area contributed by atoms with Crippen molar-refractivity contribution in [2.45, 2.75) is 47.0 Å². The molecule has 0 aliphatic heterocycles. The molecule has 0 bridgehead atoms. The molecule has 0 aromatic carbocycles. The van der Waals surface area contributed by atoms with E-state index in [2.05, 4.69) is 32.9 Å². The maximum atomic E-state index is 11.9. The van der Waals surface area contributed by atoms with E-state index in [1.807, 2.05) is 25.2 Å². The highest BCUT2D eigenvalue weighted by Crippen LogP contribution is 2.18. The third kappa shape index (κ3) is 4.87. The maximum Gasteiger partial charge on any atom is 0.165 e. The van der Waals surface area contributed by atoms with Gasteiger partial charge in [-0.05, 0) is 45.6 Å². The first-order valence-electron chi connectivity index (χ1n) is 6.71. The molecule has 1 nitrogen and oxygen atoms in total. The van der Waals surface area contributed by atoms with Crippen molar-refractivity contribution in [1.29, 1.82) is 0 Å². The van der Waals surface area contributed by atoms with Crippen molar-refractivity contribution in [1.82, 2.24) is 0 Å². The molecule has 1 unspecified atom stereocenters. The molecule has 0 spiro atoms. The lowest BCUT2D eigenvalue weighted by Crippen LogP contribution is -2.13. The Balaban J connectivity index is 2.48. The SMILES string of the molecule is CC(C)=CCC/C(C)=C/CC1=CC=CC(C)C1=O. The smallest absolute Gasteiger partial charge is 0.165 e. The molecular weight excluding hydrogens is 220 g/mol. The van der Waals surface area contributed by atoms with E-state index < -0.39 is 0 Å². The van der Waals surface area contributed by atoms with Crippen LogP contribution in [0.15, 0.2) is 47.1 Å². The number of allylic oxidation sites excluding steroid dienone is 8. The number of rotatable bonds is 5. The van der Waals surface area contributed by atoms with Crippen LogP contribution in [-0.4, -0.2) is 5.78 Å². The van der Waals surface area contributed by atoms with Gasteiger partial charge in [0.2, 0.25) is 0 Å². The molecule has 1 rings (SSSR count). The van der Waals surface area contributed by atoms with Crippen molar-refractivity contribution >= 4 is 5.78 Å². The predicted molar refractivity (Wildman–Crippen MR) is 78.4 cm³/mol. The molecule has 0 radical (unpaired) electrons. The summed E-state index contributed by atoms with van der Waals surface area (Å²) in [6.45, 7) is 8.35. The predicted octanol–water partition coefficient (Wildman–Crippen LogP) is 4.77. The fourth-order valence-electron chi connectivity index (χ4n) is 1.94. The van der Waals surface area contributed by atoms with E-state index in [0.717, 1.165) is 24.8 Å². The number of hydrogen-bond donors (Lipinski definition) is 0. The van der Waals surface area contributed by atoms with Crippen LogP contribution in [0.4, 0.5) is 0 Å². The van der Waals surface area contributed by atoms with Gasteiger partial charge in [-0.1, -0.05) is 48.5 Å². The second-order valence-corrected chi connectivity index (χ2v) is 5.30. The van der Waals surface area contributed by atoms with E-state index in [-0.39, 0.29) is 11.7 Å². The number of hydrogen-bond acceptors (Lipinski definition) is 1. The van der Waals surface area contributed by atoms with E-state index in [0.29, 0.717) is 0 Å². The Labute approximate surface area is 111 Å². The minimum atomic E-state index is 0.0457. The highest BCUT2D eigenvalue weighted by atomic mass is 16.1. The normalized spacial score (nSPS) is 19.8. The van der Waals surface area contributed by atoms with Gasteiger partial charge in [0.1, 0.15) is 0 Å². The molecule has 0 fully saturated rings. The first kappa shape index (κ1) is 14.7. The van der Waals surface area contributed by atoms with Gasteiger partial charge in [0, 0.05) is 5.92 Å². The fourth-order valence-corrected chi connectivity index (χ4v) is 1.94. The standard InChI is InChI=1S/C17H24O/c1-13(2)7-5-8-14(3)11-12-16-10-6-9-15(4)17(16)18/h6-7,9-11,15H,5,8,12H2,1-4H3/b14-11+. The van der Waals surface area contributed by atoms with Gasteiger partial charge >= 0.3 is 0 Å². The lowest BCUT2D eigenvalue weighted by molar-refractivity contribution is -0.117. The van der Waals surface area contributed by atoms with E-state index in [4.69, 9.17) is 0 Å². The zero-order valence-corrected chi connectivity index (χ0v) is 12.0. The highest BCUT2D eigenvalue weighted by molar-refractivity contribution is 5.99. The Morgan fingerprint density at radius 3 is 2.67 bits per heavy atom. The van der Waals surface area contributed by atoms with Gasteiger partial charge in [-0.2, -0.15) is 0 Å². The van der Waals surface area contributed by atoms with E-state index >= 15 is 0 Å². The zero-order chi connectivity index (χ0) is 13.5. The fraction of sp³-hybridized carbons (Fsp3) is 0.471. The summed E-state index contributed by atoms with van der Waals surface area (Å²) in [5.74, 6) is 0.315. The third-order valence-electron chi connectivity index (χ3n) is 3.19. The topological polar surface area (TPSA) is 17.1 Å². The average molecular weight is 244 g/mol. The van der Waals surface area contributed by atoms with Crippen molar-refractivity contribution in [3.63, 3.8) is 0 Å². The van der Waals surface area contributed by atoms with Gasteiger partial charge in [-0.15, -0.1) is 0 Å². The number of carbonyl (C=O) groups excluding carboxylic acids is 1. The van der Waals surface area contributed by atoms with E-state index in [1.165, 1.54) is 11.1 Å². The third-order valence-corrected chi connectivity index (χ3v) is 3.19. The van der Waals surface area contributed by atoms with Crippen molar-refractivity contribution in [2.75, 3.05) is 0 Å². The lowest BCUT2D eigenvalue weighted by Gasteiger charge is -2.12. The molecule has 0 heterocycles. The summed E-state index contributed by atoms with van der Waals surface area (Å²) in [7, 11) is 0. The summed E-state index contributed by atoms with van der Waals surface area (Å²) in [5.41, 5.74) is 3.67. The minimum absolute atomic E-state index is 0.0457. The zero-order valence-electron chi connectivity index (χ0n) is 12.0. The molecule has 98 valence electrons. The Kier molecular flexibility index (Phi) is 5.84. The number of Topliss-reactive ketones (excluding diaryl/α,β-unsaturated/α-hetero) is 1. The molecule has 0 N–H and O–H groups in total. The van der Waals surface area contributed by atoms with Crippen LogP contribution in [0.3, 0.4) is 0 Å². The van der Waals surface area contributed by atoms with E-state index in [1.54, 1.807) is 0 Å². The summed E-state index contributed by atoms with van der Waals surface area (Å²) in [5, 5.41) is 0. The van der Waals surface area contributed by atoms with Crippen LogP contribution in [0.25, 0.3) is 0 Å². The van der Waals surface area contributed by atoms with Gasteiger partial charge in [-0.25, -0.2) is 0 Å². The van der Waals surface area contributed by atoms with Gasteiger partial charge in [0.15, 0.2) is 5.78 Å². The van der Waals surface area contributed by atoms with Gasteiger partial charge in [0.05, 0.1) is 0 Å². The summed E-state index contributed by atoms with van der Waals surface area (Å²) in [4.78, 5) is 11.9. The summed E-state index contributed by atoms with van der Waals surface area (Å²) >= 11 is 0. The molecule has 1 aliphatic rings. The molecule has 0 amide bonds. The average Bonchev–Trinajstić information content (AvgIpc) is 2.30. The van der Waals surface area contributed by atoms with Gasteiger partial charge in [0.25, 0.3) is 0 Å². The lowest BCUT2D eigenvalue weighted by atomic mass is 9.92. The molecule has 0 saturated heterocycles. The first-order valence-corrected chi connectivity index (χ1v) is 6.71. The second-order valence-electron chi connectivity index (χ2n) is 5.30. The number of ketones is 1. The van der Waals surface area contributed by atoms with Crippen LogP contribution in [0.2, 0.25) is 0 Å².